The Morgan fingerprint density at radius 1 is 1.25 bits per heavy atom. The van der Waals surface area contributed by atoms with Gasteiger partial charge in [-0.3, -0.25) is 9.59 Å². The number of halogens is 3. The van der Waals surface area contributed by atoms with E-state index in [9.17, 15) is 22.8 Å². The predicted molar refractivity (Wildman–Crippen MR) is 82.8 cm³/mol. The van der Waals surface area contributed by atoms with Crippen LogP contribution in [0, 0.1) is 6.92 Å². The fraction of sp³-hybridized carbons (Fsp3) is 0.294. The maximum atomic E-state index is 12.8. The predicted octanol–water partition coefficient (Wildman–Crippen LogP) is 3.37. The van der Waals surface area contributed by atoms with Gasteiger partial charge in [0.15, 0.2) is 0 Å². The Kier molecular flexibility index (Phi) is 3.74. The molecular formula is C17H15F3N2O2. The molecule has 0 spiro atoms. The first-order chi connectivity index (χ1) is 11.2. The van der Waals surface area contributed by atoms with Crippen molar-refractivity contribution in [3.63, 3.8) is 0 Å². The number of amides is 1. The number of nitrogens with one attached hydrogen (secondary N) is 2. The number of aromatic amines is 1. The number of anilines is 1. The first-order valence-electron chi connectivity index (χ1n) is 7.41. The molecule has 0 aliphatic heterocycles. The second-order valence-electron chi connectivity index (χ2n) is 6.03. The number of carbonyl (C=O) groups excluding carboxylic acids is 1. The number of hydrogen-bond acceptors (Lipinski definition) is 2. The number of pyridine rings is 1. The molecule has 0 saturated heterocycles. The molecular weight excluding hydrogens is 321 g/mol. The topological polar surface area (TPSA) is 62.0 Å². The summed E-state index contributed by atoms with van der Waals surface area (Å²) in [6.45, 7) is 1.90. The summed E-state index contributed by atoms with van der Waals surface area (Å²) in [6.07, 6.45) is -2.82. The third-order valence-electron chi connectivity index (χ3n) is 4.23. The van der Waals surface area contributed by atoms with Gasteiger partial charge in [-0.2, -0.15) is 13.2 Å². The van der Waals surface area contributed by atoms with Gasteiger partial charge in [-0.15, -0.1) is 0 Å². The van der Waals surface area contributed by atoms with E-state index in [1.807, 2.05) is 36.2 Å². The Morgan fingerprint density at radius 3 is 2.54 bits per heavy atom. The van der Waals surface area contributed by atoms with Crippen LogP contribution in [0.15, 0.2) is 41.3 Å². The Hall–Kier alpha value is -2.57. The van der Waals surface area contributed by atoms with Crippen LogP contribution in [0.2, 0.25) is 0 Å². The highest BCUT2D eigenvalue weighted by molar-refractivity contribution is 6.01. The van der Waals surface area contributed by atoms with Gasteiger partial charge in [0.1, 0.15) is 5.69 Å². The summed E-state index contributed by atoms with van der Waals surface area (Å²) in [5, 5.41) is 2.36. The Morgan fingerprint density at radius 2 is 1.96 bits per heavy atom. The van der Waals surface area contributed by atoms with E-state index >= 15 is 0 Å². The van der Waals surface area contributed by atoms with Crippen molar-refractivity contribution in [2.75, 3.05) is 5.32 Å². The average molecular weight is 336 g/mol. The fourth-order valence-corrected chi connectivity index (χ4v) is 2.70. The van der Waals surface area contributed by atoms with E-state index in [0.29, 0.717) is 25.1 Å². The van der Waals surface area contributed by atoms with Crippen LogP contribution < -0.4 is 10.9 Å². The number of carbonyl (C=O) groups is 1. The van der Waals surface area contributed by atoms with Crippen LogP contribution in [0.3, 0.4) is 0 Å². The molecule has 1 aromatic heterocycles. The number of rotatable bonds is 3. The summed E-state index contributed by atoms with van der Waals surface area (Å²) in [7, 11) is 0. The minimum Gasteiger partial charge on any atom is -0.327 e. The zero-order valence-corrected chi connectivity index (χ0v) is 12.8. The van der Waals surface area contributed by atoms with E-state index in [-0.39, 0.29) is 0 Å². The molecule has 3 rings (SSSR count). The highest BCUT2D eigenvalue weighted by Crippen LogP contribution is 2.49. The lowest BCUT2D eigenvalue weighted by molar-refractivity contribution is -0.137. The number of aromatic nitrogens is 1. The minimum absolute atomic E-state index is 0.395. The van der Waals surface area contributed by atoms with E-state index in [4.69, 9.17) is 0 Å². The van der Waals surface area contributed by atoms with Crippen LogP contribution in [0.25, 0.3) is 0 Å². The van der Waals surface area contributed by atoms with Gasteiger partial charge in [-0.1, -0.05) is 29.8 Å². The summed E-state index contributed by atoms with van der Waals surface area (Å²) >= 11 is 0. The quantitative estimate of drug-likeness (QED) is 0.903. The molecule has 0 unspecified atom stereocenters. The van der Waals surface area contributed by atoms with Gasteiger partial charge in [0, 0.05) is 6.20 Å². The van der Waals surface area contributed by atoms with Crippen LogP contribution in [-0.4, -0.2) is 10.9 Å². The lowest BCUT2D eigenvalue weighted by Gasteiger charge is -2.16. The lowest BCUT2D eigenvalue weighted by Crippen LogP contribution is -2.30. The maximum absolute atomic E-state index is 12.8. The van der Waals surface area contributed by atoms with Crippen LogP contribution in [0.4, 0.5) is 18.9 Å². The third kappa shape index (κ3) is 2.93. The number of H-pyrrole nitrogens is 1. The Bertz CT molecular complexity index is 851. The molecule has 2 aromatic rings. The van der Waals surface area contributed by atoms with Gasteiger partial charge in [-0.25, -0.2) is 0 Å². The largest absolute Gasteiger partial charge is 0.417 e. The van der Waals surface area contributed by atoms with Gasteiger partial charge < -0.3 is 10.3 Å². The van der Waals surface area contributed by atoms with Gasteiger partial charge >= 0.3 is 6.18 Å². The molecule has 126 valence electrons. The normalized spacial score (nSPS) is 15.8. The van der Waals surface area contributed by atoms with Crippen molar-refractivity contribution in [2.45, 2.75) is 31.4 Å². The molecule has 0 atom stereocenters. The molecule has 1 amide bonds. The molecule has 1 saturated carbocycles. The summed E-state index contributed by atoms with van der Waals surface area (Å²) in [4.78, 5) is 26.3. The van der Waals surface area contributed by atoms with Crippen LogP contribution in [-0.2, 0) is 16.4 Å². The molecule has 0 bridgehead atoms. The fourth-order valence-electron chi connectivity index (χ4n) is 2.70. The van der Waals surface area contributed by atoms with E-state index in [1.165, 1.54) is 0 Å². The molecule has 1 aromatic carbocycles. The maximum Gasteiger partial charge on any atom is 0.417 e. The van der Waals surface area contributed by atoms with Gasteiger partial charge in [0.2, 0.25) is 5.91 Å². The lowest BCUT2D eigenvalue weighted by atomic mass is 9.93. The standard InChI is InChI=1S/C17H15F3N2O2/c1-10-3-2-4-11(7-10)16(5-6-16)15(24)22-13-8-12(17(18,19)20)9-21-14(13)23/h2-4,7-9H,5-6H2,1H3,(H,21,23)(H,22,24). The van der Waals surface area contributed by atoms with Crippen molar-refractivity contribution < 1.29 is 18.0 Å². The molecule has 24 heavy (non-hydrogen) atoms. The van der Waals surface area contributed by atoms with Gasteiger partial charge in [-0.05, 0) is 31.4 Å². The number of benzene rings is 1. The van der Waals surface area contributed by atoms with Gasteiger partial charge in [0.05, 0.1) is 11.0 Å². The first kappa shape index (κ1) is 16.3. The summed E-state index contributed by atoms with van der Waals surface area (Å²) in [5.41, 5.74) is -1.15. The molecule has 1 aliphatic carbocycles. The van der Waals surface area contributed by atoms with Crippen LogP contribution >= 0.6 is 0 Å². The van der Waals surface area contributed by atoms with Gasteiger partial charge in [0.25, 0.3) is 5.56 Å². The molecule has 1 heterocycles. The van der Waals surface area contributed by atoms with E-state index < -0.39 is 34.3 Å². The molecule has 0 radical (unpaired) electrons. The zero-order chi connectivity index (χ0) is 17.5. The van der Waals surface area contributed by atoms with Crippen LogP contribution in [0.5, 0.6) is 0 Å². The zero-order valence-electron chi connectivity index (χ0n) is 12.8. The Labute approximate surface area is 135 Å². The highest BCUT2D eigenvalue weighted by atomic mass is 19.4. The third-order valence-corrected chi connectivity index (χ3v) is 4.23. The summed E-state index contributed by atoms with van der Waals surface area (Å²) < 4.78 is 38.3. The van der Waals surface area contributed by atoms with Crippen molar-refractivity contribution in [2.24, 2.45) is 0 Å². The number of aryl methyl sites for hydroxylation is 1. The second kappa shape index (κ2) is 5.51. The van der Waals surface area contributed by atoms with Crippen molar-refractivity contribution in [3.8, 4) is 0 Å². The van der Waals surface area contributed by atoms with Crippen molar-refractivity contribution in [1.82, 2.24) is 4.98 Å². The molecule has 2 N–H and O–H groups in total. The summed E-state index contributed by atoms with van der Waals surface area (Å²) in [5.74, 6) is -0.460. The summed E-state index contributed by atoms with van der Waals surface area (Å²) in [6, 6.07) is 8.08. The molecule has 4 nitrogen and oxygen atoms in total. The molecule has 1 aliphatic rings. The van der Waals surface area contributed by atoms with Crippen molar-refractivity contribution >= 4 is 11.6 Å². The smallest absolute Gasteiger partial charge is 0.327 e. The monoisotopic (exact) mass is 336 g/mol. The molecule has 1 fully saturated rings. The highest BCUT2D eigenvalue weighted by Gasteiger charge is 2.51. The first-order valence-corrected chi connectivity index (χ1v) is 7.41. The number of hydrogen-bond donors (Lipinski definition) is 2. The second-order valence-corrected chi connectivity index (χ2v) is 6.03. The van der Waals surface area contributed by atoms with E-state index in [0.717, 1.165) is 11.1 Å². The van der Waals surface area contributed by atoms with Crippen molar-refractivity contribution in [3.05, 3.63) is 63.6 Å². The Balaban J connectivity index is 1.89. The number of alkyl halides is 3. The van der Waals surface area contributed by atoms with Crippen molar-refractivity contribution in [1.29, 1.82) is 0 Å². The minimum atomic E-state index is -4.60. The average Bonchev–Trinajstić information content (AvgIpc) is 3.30. The van der Waals surface area contributed by atoms with E-state index in [1.54, 1.807) is 0 Å². The van der Waals surface area contributed by atoms with Crippen LogP contribution in [0.1, 0.15) is 29.5 Å². The SMILES string of the molecule is Cc1cccc(C2(C(=O)Nc3cc(C(F)(F)F)c[nH]c3=O)CC2)c1. The van der Waals surface area contributed by atoms with E-state index in [2.05, 4.69) is 5.32 Å². The molecule has 7 heteroatoms.